The summed E-state index contributed by atoms with van der Waals surface area (Å²) in [5.41, 5.74) is 2.37. The topological polar surface area (TPSA) is 50.4 Å². The molecule has 166 valence electrons. The van der Waals surface area contributed by atoms with Crippen LogP contribution < -0.4 is 4.74 Å². The molecule has 1 saturated heterocycles. The number of nitrogens with one attached hydrogen (secondary N) is 1. The molecular weight excluding hydrogens is 388 g/mol. The van der Waals surface area contributed by atoms with Gasteiger partial charge < -0.3 is 14.4 Å². The maximum absolute atomic E-state index is 14.2. The predicted molar refractivity (Wildman–Crippen MR) is 114 cm³/mol. The van der Waals surface area contributed by atoms with E-state index in [-0.39, 0.29) is 5.56 Å². The fraction of sp³-hybridized carbons (Fsp3) is 0.609. The monoisotopic (exact) mass is 421 g/mol. The van der Waals surface area contributed by atoms with Gasteiger partial charge in [-0.25, -0.2) is 8.78 Å². The first-order valence-electron chi connectivity index (χ1n) is 10.8. The van der Waals surface area contributed by atoms with Gasteiger partial charge in [-0.1, -0.05) is 13.3 Å². The van der Waals surface area contributed by atoms with E-state index in [4.69, 9.17) is 9.47 Å². The maximum atomic E-state index is 14.2. The van der Waals surface area contributed by atoms with Crippen molar-refractivity contribution in [2.75, 3.05) is 33.4 Å². The van der Waals surface area contributed by atoms with E-state index in [1.165, 1.54) is 12.1 Å². The van der Waals surface area contributed by atoms with Crippen molar-refractivity contribution >= 4 is 0 Å². The van der Waals surface area contributed by atoms with Crippen LogP contribution in [0.25, 0.3) is 11.3 Å². The normalized spacial score (nSPS) is 15.7. The Balaban J connectivity index is 1.82. The molecule has 0 aliphatic carbocycles. The lowest BCUT2D eigenvalue weighted by molar-refractivity contribution is 0.0171. The molecule has 30 heavy (non-hydrogen) atoms. The zero-order valence-electron chi connectivity index (χ0n) is 18.2. The van der Waals surface area contributed by atoms with E-state index in [0.29, 0.717) is 30.4 Å². The Morgan fingerprint density at radius 2 is 2.03 bits per heavy atom. The van der Waals surface area contributed by atoms with Crippen molar-refractivity contribution in [3.63, 3.8) is 0 Å². The van der Waals surface area contributed by atoms with E-state index >= 15 is 0 Å². The molecular formula is C23H33F2N3O2. The third-order valence-electron chi connectivity index (χ3n) is 5.58. The fourth-order valence-electron chi connectivity index (χ4n) is 3.69. The number of H-pyrrole nitrogens is 1. The summed E-state index contributed by atoms with van der Waals surface area (Å²) in [6.07, 6.45) is 5.89. The number of aromatic amines is 1. The summed E-state index contributed by atoms with van der Waals surface area (Å²) in [6, 6.07) is 4.81. The summed E-state index contributed by atoms with van der Waals surface area (Å²) >= 11 is 0. The summed E-state index contributed by atoms with van der Waals surface area (Å²) in [4.78, 5) is 2.22. The molecule has 0 amide bonds. The summed E-state index contributed by atoms with van der Waals surface area (Å²) in [5, 5.41) is 7.18. The van der Waals surface area contributed by atoms with Crippen molar-refractivity contribution in [1.29, 1.82) is 0 Å². The highest BCUT2D eigenvalue weighted by molar-refractivity contribution is 5.66. The van der Waals surface area contributed by atoms with Crippen molar-refractivity contribution in [3.05, 3.63) is 35.5 Å². The van der Waals surface area contributed by atoms with Gasteiger partial charge in [0.1, 0.15) is 5.75 Å². The molecule has 1 aliphatic heterocycles. The van der Waals surface area contributed by atoms with Gasteiger partial charge >= 0.3 is 0 Å². The minimum absolute atomic E-state index is 0.0538. The van der Waals surface area contributed by atoms with Gasteiger partial charge in [-0.05, 0) is 57.0 Å². The summed E-state index contributed by atoms with van der Waals surface area (Å²) in [5.74, 6) is -2.09. The molecule has 1 N–H and O–H groups in total. The maximum Gasteiger partial charge on any atom is 0.270 e. The first-order chi connectivity index (χ1) is 14.4. The first-order valence-corrected chi connectivity index (χ1v) is 10.8. The van der Waals surface area contributed by atoms with Crippen molar-refractivity contribution in [2.24, 2.45) is 5.92 Å². The highest BCUT2D eigenvalue weighted by Gasteiger charge is 2.27. The van der Waals surface area contributed by atoms with Crippen LogP contribution in [0.2, 0.25) is 0 Å². The largest absolute Gasteiger partial charge is 0.493 e. The smallest absolute Gasteiger partial charge is 0.270 e. The van der Waals surface area contributed by atoms with E-state index < -0.39 is 5.92 Å². The number of hydrogen-bond donors (Lipinski definition) is 1. The summed E-state index contributed by atoms with van der Waals surface area (Å²) in [7, 11) is 2.06. The molecule has 1 aliphatic rings. The van der Waals surface area contributed by atoms with Crippen LogP contribution in [0.1, 0.15) is 50.7 Å². The van der Waals surface area contributed by atoms with Gasteiger partial charge in [-0.2, -0.15) is 5.10 Å². The average molecular weight is 422 g/mol. The van der Waals surface area contributed by atoms with Gasteiger partial charge in [-0.15, -0.1) is 0 Å². The van der Waals surface area contributed by atoms with Gasteiger partial charge in [0.15, 0.2) is 0 Å². The Kier molecular flexibility index (Phi) is 7.83. The second-order valence-corrected chi connectivity index (χ2v) is 8.36. The SMILES string of the molecule is CCCCN(C)Cc1cn[nH]c1-c1cc(OCC2CCOCC2)cc(C(C)(F)F)c1. The lowest BCUT2D eigenvalue weighted by atomic mass is 10.0. The Bertz CT molecular complexity index is 798. The number of nitrogens with zero attached hydrogens (tertiary/aromatic N) is 2. The molecule has 7 heteroatoms. The molecule has 2 heterocycles. The van der Waals surface area contributed by atoms with Crippen LogP contribution in [0.15, 0.2) is 24.4 Å². The zero-order chi connectivity index (χ0) is 21.6. The van der Waals surface area contributed by atoms with Crippen molar-refractivity contribution in [3.8, 4) is 17.0 Å². The average Bonchev–Trinajstić information content (AvgIpc) is 3.18. The summed E-state index contributed by atoms with van der Waals surface area (Å²) < 4.78 is 39.7. The number of ether oxygens (including phenoxy) is 2. The van der Waals surface area contributed by atoms with E-state index in [9.17, 15) is 8.78 Å². The third-order valence-corrected chi connectivity index (χ3v) is 5.58. The Hall–Kier alpha value is -1.99. The van der Waals surface area contributed by atoms with Gasteiger partial charge in [0.25, 0.3) is 5.92 Å². The number of rotatable bonds is 10. The molecule has 1 aromatic heterocycles. The Labute approximate surface area is 177 Å². The lowest BCUT2D eigenvalue weighted by Crippen LogP contribution is -2.21. The molecule has 5 nitrogen and oxygen atoms in total. The molecule has 0 bridgehead atoms. The molecule has 1 fully saturated rings. The van der Waals surface area contributed by atoms with Crippen molar-refractivity contribution < 1.29 is 18.3 Å². The molecule has 1 aromatic carbocycles. The highest BCUT2D eigenvalue weighted by atomic mass is 19.3. The number of halogens is 2. The van der Waals surface area contributed by atoms with Crippen molar-refractivity contribution in [2.45, 2.75) is 52.0 Å². The number of unbranched alkanes of at least 4 members (excludes halogenated alkanes) is 1. The van der Waals surface area contributed by atoms with Crippen LogP contribution in [-0.4, -0.2) is 48.5 Å². The Morgan fingerprint density at radius 3 is 2.73 bits per heavy atom. The lowest BCUT2D eigenvalue weighted by Gasteiger charge is -2.23. The minimum atomic E-state index is -2.95. The van der Waals surface area contributed by atoms with Crippen molar-refractivity contribution in [1.82, 2.24) is 15.1 Å². The van der Waals surface area contributed by atoms with Crippen LogP contribution in [-0.2, 0) is 17.2 Å². The molecule has 0 unspecified atom stereocenters. The zero-order valence-corrected chi connectivity index (χ0v) is 18.2. The minimum Gasteiger partial charge on any atom is -0.493 e. The van der Waals surface area contributed by atoms with Gasteiger partial charge in [-0.3, -0.25) is 5.10 Å². The summed E-state index contributed by atoms with van der Waals surface area (Å²) in [6.45, 7) is 6.74. The van der Waals surface area contributed by atoms with E-state index in [0.717, 1.165) is 63.6 Å². The van der Waals surface area contributed by atoms with Crippen LogP contribution in [0.4, 0.5) is 8.78 Å². The second-order valence-electron chi connectivity index (χ2n) is 8.36. The quantitative estimate of drug-likeness (QED) is 0.571. The number of hydrogen-bond acceptors (Lipinski definition) is 4. The molecule has 3 rings (SSSR count). The molecule has 0 spiro atoms. The van der Waals surface area contributed by atoms with Gasteiger partial charge in [0.2, 0.25) is 0 Å². The van der Waals surface area contributed by atoms with Gasteiger partial charge in [0.05, 0.1) is 18.5 Å². The van der Waals surface area contributed by atoms with Crippen LogP contribution in [0.3, 0.4) is 0 Å². The van der Waals surface area contributed by atoms with Gasteiger partial charge in [0, 0.05) is 43.4 Å². The second kappa shape index (κ2) is 10.4. The molecule has 0 atom stereocenters. The van der Waals surface area contributed by atoms with E-state index in [1.54, 1.807) is 6.20 Å². The highest BCUT2D eigenvalue weighted by Crippen LogP contribution is 2.35. The Morgan fingerprint density at radius 1 is 1.27 bits per heavy atom. The fourth-order valence-corrected chi connectivity index (χ4v) is 3.69. The van der Waals surface area contributed by atoms with E-state index in [1.807, 2.05) is 6.07 Å². The molecule has 0 saturated carbocycles. The van der Waals surface area contributed by atoms with E-state index in [2.05, 4.69) is 29.1 Å². The predicted octanol–water partition coefficient (Wildman–Crippen LogP) is 5.23. The first kappa shape index (κ1) is 22.7. The van der Waals surface area contributed by atoms with Crippen LogP contribution in [0, 0.1) is 5.92 Å². The van der Waals surface area contributed by atoms with Crippen LogP contribution >= 0.6 is 0 Å². The molecule has 2 aromatic rings. The number of benzene rings is 1. The third kappa shape index (κ3) is 6.25. The number of aromatic nitrogens is 2. The standard InChI is InChI=1S/C23H33F2N3O2/c1-4-5-8-28(3)15-19-14-26-27-22(19)18-11-20(23(2,24)25)13-21(12-18)30-16-17-6-9-29-10-7-17/h11-14,17H,4-10,15-16H2,1-3H3,(H,26,27). The number of alkyl halides is 2. The van der Waals surface area contributed by atoms with Crippen LogP contribution in [0.5, 0.6) is 5.75 Å². The molecule has 0 radical (unpaired) electrons.